The van der Waals surface area contributed by atoms with Crippen LogP contribution in [-0.2, 0) is 0 Å². The first-order valence-corrected chi connectivity index (χ1v) is 10.1. The molecule has 1 saturated carbocycles. The monoisotopic (exact) mass is 397 g/mol. The van der Waals surface area contributed by atoms with Gasteiger partial charge >= 0.3 is 0 Å². The van der Waals surface area contributed by atoms with Gasteiger partial charge in [0.25, 0.3) is 5.91 Å². The van der Waals surface area contributed by atoms with E-state index < -0.39 is 5.91 Å². The van der Waals surface area contributed by atoms with Crippen molar-refractivity contribution < 1.29 is 14.7 Å². The standard InChI is InChI=1S/C21H27N5O3/c1-29-17-4-2-15(3-5-17)18-10-19(18)22-11-14-6-8-26(9-7-14)21-23-12-16(13-24-21)20(27)25-28/h2-5,12-14,18-19,22,28H,6-11H2,1H3,(H,25,27). The summed E-state index contributed by atoms with van der Waals surface area (Å²) < 4.78 is 5.23. The fraction of sp³-hybridized carbons (Fsp3) is 0.476. The first-order chi connectivity index (χ1) is 14.2. The number of carbonyl (C=O) groups is 1. The molecule has 1 aromatic heterocycles. The Hall–Kier alpha value is -2.71. The maximum atomic E-state index is 11.4. The maximum Gasteiger partial charge on any atom is 0.277 e. The summed E-state index contributed by atoms with van der Waals surface area (Å²) in [6, 6.07) is 8.98. The molecule has 1 aliphatic carbocycles. The fourth-order valence-electron chi connectivity index (χ4n) is 3.96. The zero-order valence-corrected chi connectivity index (χ0v) is 16.5. The summed E-state index contributed by atoms with van der Waals surface area (Å²) in [7, 11) is 1.69. The minimum absolute atomic E-state index is 0.242. The number of methoxy groups -OCH3 is 1. The van der Waals surface area contributed by atoms with Gasteiger partial charge in [-0.2, -0.15) is 0 Å². The largest absolute Gasteiger partial charge is 0.497 e. The van der Waals surface area contributed by atoms with Gasteiger partial charge < -0.3 is 15.0 Å². The molecule has 1 saturated heterocycles. The molecule has 8 nitrogen and oxygen atoms in total. The van der Waals surface area contributed by atoms with Gasteiger partial charge in [-0.3, -0.25) is 10.0 Å². The van der Waals surface area contributed by atoms with Crippen molar-refractivity contribution in [3.05, 3.63) is 47.8 Å². The van der Waals surface area contributed by atoms with Crippen LogP contribution in [0, 0.1) is 5.92 Å². The molecule has 0 bridgehead atoms. The van der Waals surface area contributed by atoms with Gasteiger partial charge in [0.15, 0.2) is 0 Å². The third-order valence-electron chi connectivity index (χ3n) is 5.90. The van der Waals surface area contributed by atoms with Crippen LogP contribution < -0.4 is 20.4 Å². The third kappa shape index (κ3) is 4.65. The van der Waals surface area contributed by atoms with E-state index in [9.17, 15) is 4.79 Å². The van der Waals surface area contributed by atoms with Crippen LogP contribution in [0.1, 0.15) is 41.1 Å². The molecule has 2 heterocycles. The molecule has 2 unspecified atom stereocenters. The highest BCUT2D eigenvalue weighted by Gasteiger charge is 2.38. The van der Waals surface area contributed by atoms with E-state index in [0.717, 1.165) is 38.2 Å². The fourth-order valence-corrected chi connectivity index (χ4v) is 3.96. The minimum atomic E-state index is -0.602. The van der Waals surface area contributed by atoms with Crippen LogP contribution in [0.3, 0.4) is 0 Å². The van der Waals surface area contributed by atoms with Gasteiger partial charge in [-0.1, -0.05) is 12.1 Å². The molecule has 0 spiro atoms. The van der Waals surface area contributed by atoms with E-state index in [1.54, 1.807) is 12.6 Å². The maximum absolute atomic E-state index is 11.4. The summed E-state index contributed by atoms with van der Waals surface area (Å²) in [6.45, 7) is 2.86. The molecule has 29 heavy (non-hydrogen) atoms. The number of piperidine rings is 1. The van der Waals surface area contributed by atoms with Gasteiger partial charge in [-0.05, 0) is 49.4 Å². The van der Waals surface area contributed by atoms with Gasteiger partial charge in [0, 0.05) is 37.4 Å². The number of ether oxygens (including phenoxy) is 1. The van der Waals surface area contributed by atoms with E-state index in [4.69, 9.17) is 9.94 Å². The van der Waals surface area contributed by atoms with Crippen LogP contribution in [-0.4, -0.2) is 53.9 Å². The molecule has 154 valence electrons. The van der Waals surface area contributed by atoms with E-state index in [2.05, 4.69) is 32.3 Å². The summed E-state index contributed by atoms with van der Waals surface area (Å²) >= 11 is 0. The number of carbonyl (C=O) groups excluding carboxylic acids is 1. The van der Waals surface area contributed by atoms with E-state index in [1.165, 1.54) is 24.4 Å². The SMILES string of the molecule is COc1ccc(C2CC2NCC2CCN(c3ncc(C(=O)NO)cn3)CC2)cc1. The molecule has 2 aromatic rings. The molecule has 1 aliphatic heterocycles. The number of amides is 1. The van der Waals surface area contributed by atoms with Crippen molar-refractivity contribution in [3.8, 4) is 5.75 Å². The Morgan fingerprint density at radius 3 is 2.52 bits per heavy atom. The van der Waals surface area contributed by atoms with E-state index in [-0.39, 0.29) is 5.56 Å². The third-order valence-corrected chi connectivity index (χ3v) is 5.90. The van der Waals surface area contributed by atoms with Crippen LogP contribution in [0.5, 0.6) is 5.75 Å². The lowest BCUT2D eigenvalue weighted by Gasteiger charge is -2.32. The normalized spacial score (nSPS) is 21.7. The molecule has 2 aliphatic rings. The van der Waals surface area contributed by atoms with Crippen molar-refractivity contribution in [2.24, 2.45) is 5.92 Å². The lowest BCUT2D eigenvalue weighted by molar-refractivity contribution is 0.0705. The highest BCUT2D eigenvalue weighted by Crippen LogP contribution is 2.41. The Morgan fingerprint density at radius 2 is 1.90 bits per heavy atom. The molecule has 8 heteroatoms. The highest BCUT2D eigenvalue weighted by molar-refractivity contribution is 5.92. The number of nitrogens with one attached hydrogen (secondary N) is 2. The lowest BCUT2D eigenvalue weighted by atomic mass is 9.97. The van der Waals surface area contributed by atoms with Gasteiger partial charge in [0.1, 0.15) is 5.75 Å². The number of benzene rings is 1. The Kier molecular flexibility index (Phi) is 5.92. The number of hydroxylamine groups is 1. The first kappa shape index (κ1) is 19.6. The van der Waals surface area contributed by atoms with E-state index in [1.807, 2.05) is 12.1 Å². The first-order valence-electron chi connectivity index (χ1n) is 10.1. The van der Waals surface area contributed by atoms with Crippen LogP contribution >= 0.6 is 0 Å². The molecular formula is C21H27N5O3. The van der Waals surface area contributed by atoms with Crippen molar-refractivity contribution in [2.45, 2.75) is 31.2 Å². The molecule has 3 N–H and O–H groups in total. The molecule has 1 amide bonds. The summed E-state index contributed by atoms with van der Waals surface area (Å²) in [6.07, 6.45) is 6.26. The van der Waals surface area contributed by atoms with Crippen molar-refractivity contribution in [2.75, 3.05) is 31.6 Å². The van der Waals surface area contributed by atoms with Crippen LogP contribution in [0.4, 0.5) is 5.95 Å². The van der Waals surface area contributed by atoms with Crippen LogP contribution in [0.15, 0.2) is 36.7 Å². The zero-order valence-electron chi connectivity index (χ0n) is 16.5. The topological polar surface area (TPSA) is 99.6 Å². The average Bonchev–Trinajstić information content (AvgIpc) is 3.57. The summed E-state index contributed by atoms with van der Waals surface area (Å²) in [4.78, 5) is 22.0. The molecule has 2 fully saturated rings. The smallest absolute Gasteiger partial charge is 0.277 e. The van der Waals surface area contributed by atoms with Crippen molar-refractivity contribution in [1.82, 2.24) is 20.8 Å². The van der Waals surface area contributed by atoms with Crippen LogP contribution in [0.2, 0.25) is 0 Å². The second kappa shape index (κ2) is 8.75. The lowest BCUT2D eigenvalue weighted by Crippen LogP contribution is -2.38. The van der Waals surface area contributed by atoms with Gasteiger partial charge in [-0.15, -0.1) is 0 Å². The van der Waals surface area contributed by atoms with Gasteiger partial charge in [0.2, 0.25) is 5.95 Å². The highest BCUT2D eigenvalue weighted by atomic mass is 16.5. The Bertz CT molecular complexity index is 819. The predicted octanol–water partition coefficient (Wildman–Crippen LogP) is 1.97. The number of hydrogen-bond donors (Lipinski definition) is 3. The number of rotatable bonds is 7. The molecular weight excluding hydrogens is 370 g/mol. The number of aromatic nitrogens is 2. The van der Waals surface area contributed by atoms with Crippen LogP contribution in [0.25, 0.3) is 0 Å². The Labute approximate surface area is 170 Å². The summed E-state index contributed by atoms with van der Waals surface area (Å²) in [5, 5.41) is 12.4. The molecule has 1 aromatic carbocycles. The van der Waals surface area contributed by atoms with Gasteiger partial charge in [0.05, 0.1) is 12.7 Å². The van der Waals surface area contributed by atoms with Crippen molar-refractivity contribution in [1.29, 1.82) is 0 Å². The predicted molar refractivity (Wildman–Crippen MR) is 108 cm³/mol. The Morgan fingerprint density at radius 1 is 1.21 bits per heavy atom. The van der Waals surface area contributed by atoms with Gasteiger partial charge in [-0.25, -0.2) is 15.4 Å². The van der Waals surface area contributed by atoms with Crippen molar-refractivity contribution >= 4 is 11.9 Å². The minimum Gasteiger partial charge on any atom is -0.497 e. The van der Waals surface area contributed by atoms with E-state index >= 15 is 0 Å². The number of hydrogen-bond acceptors (Lipinski definition) is 7. The quantitative estimate of drug-likeness (QED) is 0.485. The van der Waals surface area contributed by atoms with Crippen molar-refractivity contribution in [3.63, 3.8) is 0 Å². The molecule has 2 atom stereocenters. The Balaban J connectivity index is 1.20. The second-order valence-corrected chi connectivity index (χ2v) is 7.77. The number of nitrogens with zero attached hydrogens (tertiary/aromatic N) is 3. The average molecular weight is 397 g/mol. The molecule has 4 rings (SSSR count). The second-order valence-electron chi connectivity index (χ2n) is 7.77. The number of anilines is 1. The van der Waals surface area contributed by atoms with E-state index in [0.29, 0.717) is 23.8 Å². The zero-order chi connectivity index (χ0) is 20.2. The molecule has 0 radical (unpaired) electrons. The summed E-state index contributed by atoms with van der Waals surface area (Å²) in [5.41, 5.74) is 3.21. The summed E-state index contributed by atoms with van der Waals surface area (Å²) in [5.74, 6) is 2.20.